The summed E-state index contributed by atoms with van der Waals surface area (Å²) in [4.78, 5) is 27.8. The highest BCUT2D eigenvalue weighted by atomic mass is 32.2. The van der Waals surface area contributed by atoms with Gasteiger partial charge in [-0.25, -0.2) is 4.98 Å². The SMILES string of the molecule is COc1ccc(-c2c(C#N)c(SCC(=O)Nc3cccc([N+](=O)[O-])c3)nc3c2CCCC3)cc1. The molecule has 1 aromatic heterocycles. The van der Waals surface area contributed by atoms with Gasteiger partial charge in [-0.05, 0) is 55.0 Å². The van der Waals surface area contributed by atoms with E-state index in [1.165, 1.54) is 30.0 Å². The number of nitro benzene ring substituents is 1. The number of rotatable bonds is 7. The number of thioether (sulfide) groups is 1. The Morgan fingerprint density at radius 1 is 1.24 bits per heavy atom. The fourth-order valence-corrected chi connectivity index (χ4v) is 4.84. The summed E-state index contributed by atoms with van der Waals surface area (Å²) in [5, 5.41) is 24.2. The quantitative estimate of drug-likeness (QED) is 0.286. The van der Waals surface area contributed by atoms with Crippen LogP contribution in [0, 0.1) is 21.4 Å². The minimum atomic E-state index is -0.513. The maximum atomic E-state index is 12.6. The van der Waals surface area contributed by atoms with Crippen LogP contribution in [0.25, 0.3) is 11.1 Å². The number of anilines is 1. The predicted molar refractivity (Wildman–Crippen MR) is 130 cm³/mol. The molecule has 0 bridgehead atoms. The topological polar surface area (TPSA) is 118 Å². The number of hydrogen-bond donors (Lipinski definition) is 1. The van der Waals surface area contributed by atoms with Gasteiger partial charge in [0.15, 0.2) is 0 Å². The molecule has 172 valence electrons. The van der Waals surface area contributed by atoms with E-state index in [9.17, 15) is 20.2 Å². The highest BCUT2D eigenvalue weighted by Gasteiger charge is 2.23. The summed E-state index contributed by atoms with van der Waals surface area (Å²) in [5.74, 6) is 0.420. The molecule has 4 rings (SSSR count). The maximum absolute atomic E-state index is 12.6. The molecule has 9 heteroatoms. The summed E-state index contributed by atoms with van der Waals surface area (Å²) in [6.45, 7) is 0. The van der Waals surface area contributed by atoms with Gasteiger partial charge in [0, 0.05) is 29.1 Å². The van der Waals surface area contributed by atoms with E-state index in [0.717, 1.165) is 53.8 Å². The van der Waals surface area contributed by atoms with Crippen molar-refractivity contribution in [3.05, 3.63) is 75.5 Å². The number of carbonyl (C=O) groups excluding carboxylic acids is 1. The van der Waals surface area contributed by atoms with Crippen molar-refractivity contribution >= 4 is 29.0 Å². The molecule has 0 atom stereocenters. The highest BCUT2D eigenvalue weighted by Crippen LogP contribution is 2.38. The fraction of sp³-hybridized carbons (Fsp3) is 0.240. The van der Waals surface area contributed by atoms with Crippen LogP contribution < -0.4 is 10.1 Å². The van der Waals surface area contributed by atoms with E-state index in [-0.39, 0.29) is 17.3 Å². The summed E-state index contributed by atoms with van der Waals surface area (Å²) in [6.07, 6.45) is 3.76. The van der Waals surface area contributed by atoms with Crippen LogP contribution in [0.2, 0.25) is 0 Å². The third-order valence-corrected chi connectivity index (χ3v) is 6.59. The number of hydrogen-bond acceptors (Lipinski definition) is 7. The smallest absolute Gasteiger partial charge is 0.271 e. The van der Waals surface area contributed by atoms with Gasteiger partial charge >= 0.3 is 0 Å². The van der Waals surface area contributed by atoms with E-state index in [2.05, 4.69) is 11.4 Å². The van der Waals surface area contributed by atoms with E-state index in [4.69, 9.17) is 9.72 Å². The van der Waals surface area contributed by atoms with Crippen molar-refractivity contribution in [1.29, 1.82) is 5.26 Å². The molecular formula is C25H22N4O4S. The van der Waals surface area contributed by atoms with Crippen molar-refractivity contribution in [2.75, 3.05) is 18.2 Å². The molecule has 2 aromatic carbocycles. The Balaban J connectivity index is 1.61. The molecule has 0 radical (unpaired) electrons. The number of nitriles is 1. The largest absolute Gasteiger partial charge is 0.497 e. The van der Waals surface area contributed by atoms with Crippen LogP contribution in [0.4, 0.5) is 11.4 Å². The van der Waals surface area contributed by atoms with Gasteiger partial charge in [-0.1, -0.05) is 30.0 Å². The van der Waals surface area contributed by atoms with Gasteiger partial charge in [-0.2, -0.15) is 5.26 Å². The van der Waals surface area contributed by atoms with Crippen molar-refractivity contribution in [2.45, 2.75) is 30.7 Å². The summed E-state index contributed by atoms with van der Waals surface area (Å²) in [5.41, 5.74) is 4.56. The molecule has 0 spiro atoms. The van der Waals surface area contributed by atoms with Crippen molar-refractivity contribution in [3.63, 3.8) is 0 Å². The zero-order chi connectivity index (χ0) is 24.1. The lowest BCUT2D eigenvalue weighted by atomic mass is 9.87. The summed E-state index contributed by atoms with van der Waals surface area (Å²) in [6, 6.07) is 15.7. The molecule has 0 saturated heterocycles. The summed E-state index contributed by atoms with van der Waals surface area (Å²) in [7, 11) is 1.61. The maximum Gasteiger partial charge on any atom is 0.271 e. The molecule has 1 aliphatic carbocycles. The van der Waals surface area contributed by atoms with Gasteiger partial charge in [0.2, 0.25) is 5.91 Å². The number of nitrogens with one attached hydrogen (secondary N) is 1. The lowest BCUT2D eigenvalue weighted by molar-refractivity contribution is -0.384. The number of methoxy groups -OCH3 is 1. The van der Waals surface area contributed by atoms with E-state index in [1.54, 1.807) is 13.2 Å². The van der Waals surface area contributed by atoms with Crippen LogP contribution in [-0.4, -0.2) is 28.7 Å². The number of aryl methyl sites for hydroxylation is 1. The molecular weight excluding hydrogens is 452 g/mol. The summed E-state index contributed by atoms with van der Waals surface area (Å²) >= 11 is 1.19. The zero-order valence-corrected chi connectivity index (χ0v) is 19.4. The number of fused-ring (bicyclic) bond motifs is 1. The average Bonchev–Trinajstić information content (AvgIpc) is 2.86. The van der Waals surface area contributed by atoms with Gasteiger partial charge in [0.05, 0.1) is 23.3 Å². The van der Waals surface area contributed by atoms with E-state index < -0.39 is 4.92 Å². The molecule has 1 aliphatic rings. The predicted octanol–water partition coefficient (Wildman–Crippen LogP) is 5.15. The first-order valence-corrected chi connectivity index (χ1v) is 11.8. The van der Waals surface area contributed by atoms with Crippen LogP contribution in [0.1, 0.15) is 29.7 Å². The van der Waals surface area contributed by atoms with Gasteiger partial charge < -0.3 is 10.1 Å². The number of amides is 1. The van der Waals surface area contributed by atoms with Crippen LogP contribution in [0.15, 0.2) is 53.6 Å². The number of nitrogens with zero attached hydrogens (tertiary/aromatic N) is 3. The summed E-state index contributed by atoms with van der Waals surface area (Å²) < 4.78 is 5.27. The number of ether oxygens (including phenoxy) is 1. The first-order chi connectivity index (χ1) is 16.5. The average molecular weight is 475 g/mol. The number of aromatic nitrogens is 1. The molecule has 0 unspecified atom stereocenters. The molecule has 1 N–H and O–H groups in total. The number of pyridine rings is 1. The standard InChI is InChI=1S/C25H22N4O4S/c1-33-19-11-9-16(10-12-19)24-20-7-2-3-8-22(20)28-25(21(24)14-26)34-15-23(30)27-17-5-4-6-18(13-17)29(31)32/h4-6,9-13H,2-3,7-8,15H2,1H3,(H,27,30). The third kappa shape index (κ3) is 5.02. The highest BCUT2D eigenvalue weighted by molar-refractivity contribution is 8.00. The van der Waals surface area contributed by atoms with Gasteiger partial charge in [0.1, 0.15) is 16.8 Å². The van der Waals surface area contributed by atoms with Crippen LogP contribution >= 0.6 is 11.8 Å². The Hall–Kier alpha value is -3.90. The minimum Gasteiger partial charge on any atom is -0.497 e. The first-order valence-electron chi connectivity index (χ1n) is 10.8. The van der Waals surface area contributed by atoms with Crippen LogP contribution in [0.5, 0.6) is 5.75 Å². The van der Waals surface area contributed by atoms with E-state index in [0.29, 0.717) is 16.3 Å². The Bertz CT molecular complexity index is 1290. The van der Waals surface area contributed by atoms with Crippen LogP contribution in [0.3, 0.4) is 0 Å². The van der Waals surface area contributed by atoms with E-state index in [1.807, 2.05) is 24.3 Å². The second-order valence-electron chi connectivity index (χ2n) is 7.78. The molecule has 34 heavy (non-hydrogen) atoms. The number of nitro groups is 1. The van der Waals surface area contributed by atoms with Crippen molar-refractivity contribution < 1.29 is 14.5 Å². The van der Waals surface area contributed by atoms with Gasteiger partial charge in [-0.15, -0.1) is 0 Å². The van der Waals surface area contributed by atoms with Crippen LogP contribution in [-0.2, 0) is 17.6 Å². The molecule has 0 aliphatic heterocycles. The number of benzene rings is 2. The Morgan fingerprint density at radius 2 is 2.00 bits per heavy atom. The van der Waals surface area contributed by atoms with Crippen molar-refractivity contribution in [2.24, 2.45) is 0 Å². The van der Waals surface area contributed by atoms with Crippen molar-refractivity contribution in [3.8, 4) is 22.9 Å². The van der Waals surface area contributed by atoms with Gasteiger partial charge in [-0.3, -0.25) is 14.9 Å². The minimum absolute atomic E-state index is 0.0191. The normalized spacial score (nSPS) is 12.4. The molecule has 8 nitrogen and oxygen atoms in total. The van der Waals surface area contributed by atoms with Crippen molar-refractivity contribution in [1.82, 2.24) is 4.98 Å². The van der Waals surface area contributed by atoms with E-state index >= 15 is 0 Å². The fourth-order valence-electron chi connectivity index (χ4n) is 4.03. The molecule has 0 saturated carbocycles. The second kappa shape index (κ2) is 10.4. The Kier molecular flexibility index (Phi) is 7.09. The van der Waals surface area contributed by atoms with Gasteiger partial charge in [0.25, 0.3) is 5.69 Å². The first kappa shape index (κ1) is 23.3. The third-order valence-electron chi connectivity index (χ3n) is 5.61. The molecule has 1 amide bonds. The number of carbonyl (C=O) groups is 1. The monoisotopic (exact) mass is 474 g/mol. The lowest BCUT2D eigenvalue weighted by Gasteiger charge is -2.22. The Labute approximate surface area is 201 Å². The zero-order valence-electron chi connectivity index (χ0n) is 18.5. The second-order valence-corrected chi connectivity index (χ2v) is 8.75. The number of non-ortho nitro benzene ring substituents is 1. The molecule has 0 fully saturated rings. The molecule has 1 heterocycles. The molecule has 3 aromatic rings. The lowest BCUT2D eigenvalue weighted by Crippen LogP contribution is -2.15. The Morgan fingerprint density at radius 3 is 2.71 bits per heavy atom.